The number of hydrogen-bond donors (Lipinski definition) is 2. The van der Waals surface area contributed by atoms with Gasteiger partial charge in [-0.05, 0) is 30.3 Å². The zero-order valence-corrected chi connectivity index (χ0v) is 10.3. The van der Waals surface area contributed by atoms with Gasteiger partial charge in [0.15, 0.2) is 0 Å². The summed E-state index contributed by atoms with van der Waals surface area (Å²) in [5.41, 5.74) is 5.56. The van der Waals surface area contributed by atoms with E-state index in [1.165, 1.54) is 30.3 Å². The normalized spacial score (nSPS) is 10.2. The molecule has 0 saturated carbocycles. The summed E-state index contributed by atoms with van der Waals surface area (Å²) >= 11 is 5.55. The maximum atomic E-state index is 13.2. The van der Waals surface area contributed by atoms with Crippen molar-refractivity contribution < 1.29 is 19.0 Å². The van der Waals surface area contributed by atoms with Crippen LogP contribution in [0.2, 0.25) is 5.02 Å². The van der Waals surface area contributed by atoms with Gasteiger partial charge in [0.1, 0.15) is 17.3 Å². The molecule has 0 fully saturated rings. The Morgan fingerprint density at radius 2 is 1.84 bits per heavy atom. The number of ether oxygens (including phenoxy) is 1. The number of benzene rings is 2. The highest BCUT2D eigenvalue weighted by atomic mass is 35.5. The molecular weight excluding hydrogens is 273 g/mol. The summed E-state index contributed by atoms with van der Waals surface area (Å²) in [4.78, 5) is 10.9. The lowest BCUT2D eigenvalue weighted by Crippen LogP contribution is -2.02. The number of nitrogens with two attached hydrogens (primary N) is 1. The number of rotatable bonds is 3. The largest absolute Gasteiger partial charge is 0.478 e. The van der Waals surface area contributed by atoms with E-state index in [9.17, 15) is 9.18 Å². The van der Waals surface area contributed by atoms with Crippen LogP contribution in [0.3, 0.4) is 0 Å². The summed E-state index contributed by atoms with van der Waals surface area (Å²) in [5.74, 6) is -1.32. The zero-order valence-electron chi connectivity index (χ0n) is 9.56. The lowest BCUT2D eigenvalue weighted by molar-refractivity contribution is 0.0697. The van der Waals surface area contributed by atoms with Crippen LogP contribution in [0, 0.1) is 5.82 Å². The number of hydrogen-bond acceptors (Lipinski definition) is 3. The third-order valence-corrected chi connectivity index (χ3v) is 2.69. The Balaban J connectivity index is 2.30. The van der Waals surface area contributed by atoms with Gasteiger partial charge in [0.2, 0.25) is 0 Å². The van der Waals surface area contributed by atoms with Crippen LogP contribution in [0.15, 0.2) is 36.4 Å². The molecule has 0 saturated heterocycles. The molecule has 0 aromatic heterocycles. The molecule has 0 atom stereocenters. The summed E-state index contributed by atoms with van der Waals surface area (Å²) in [5, 5.41) is 8.91. The second kappa shape index (κ2) is 5.16. The minimum atomic E-state index is -1.16. The van der Waals surface area contributed by atoms with Crippen LogP contribution in [-0.4, -0.2) is 11.1 Å². The second-order valence-corrected chi connectivity index (χ2v) is 4.14. The Kier molecular flexibility index (Phi) is 3.57. The minimum Gasteiger partial charge on any atom is -0.478 e. The molecule has 2 aromatic carbocycles. The van der Waals surface area contributed by atoms with Gasteiger partial charge in [-0.2, -0.15) is 0 Å². The average molecular weight is 282 g/mol. The first-order chi connectivity index (χ1) is 8.97. The van der Waals surface area contributed by atoms with Crippen molar-refractivity contribution in [1.82, 2.24) is 0 Å². The maximum absolute atomic E-state index is 13.2. The van der Waals surface area contributed by atoms with E-state index in [-0.39, 0.29) is 27.8 Å². The number of carbonyl (C=O) groups is 1. The molecule has 0 radical (unpaired) electrons. The topological polar surface area (TPSA) is 72.5 Å². The van der Waals surface area contributed by atoms with E-state index in [2.05, 4.69) is 0 Å². The molecule has 0 heterocycles. The summed E-state index contributed by atoms with van der Waals surface area (Å²) in [7, 11) is 0. The number of carboxylic acid groups (broad SMARTS) is 1. The van der Waals surface area contributed by atoms with E-state index >= 15 is 0 Å². The van der Waals surface area contributed by atoms with Crippen molar-refractivity contribution in [2.75, 3.05) is 5.73 Å². The number of halogens is 2. The average Bonchev–Trinajstić information content (AvgIpc) is 2.36. The quantitative estimate of drug-likeness (QED) is 0.844. The van der Waals surface area contributed by atoms with Crippen LogP contribution in [-0.2, 0) is 0 Å². The highest BCUT2D eigenvalue weighted by molar-refractivity contribution is 6.30. The highest BCUT2D eigenvalue weighted by Crippen LogP contribution is 2.27. The number of anilines is 1. The Morgan fingerprint density at radius 1 is 1.21 bits per heavy atom. The Morgan fingerprint density at radius 3 is 2.47 bits per heavy atom. The van der Waals surface area contributed by atoms with Gasteiger partial charge in [-0.25, -0.2) is 9.18 Å². The van der Waals surface area contributed by atoms with E-state index < -0.39 is 11.8 Å². The van der Waals surface area contributed by atoms with Crippen molar-refractivity contribution in [2.45, 2.75) is 0 Å². The molecule has 0 aliphatic heterocycles. The van der Waals surface area contributed by atoms with E-state index in [1.807, 2.05) is 0 Å². The third-order valence-electron chi connectivity index (χ3n) is 2.38. The lowest BCUT2D eigenvalue weighted by Gasteiger charge is -2.08. The van der Waals surface area contributed by atoms with Gasteiger partial charge in [0.05, 0.1) is 10.6 Å². The van der Waals surface area contributed by atoms with Gasteiger partial charge in [-0.1, -0.05) is 11.6 Å². The lowest BCUT2D eigenvalue weighted by atomic mass is 10.2. The highest BCUT2D eigenvalue weighted by Gasteiger charge is 2.10. The first kappa shape index (κ1) is 13.2. The molecule has 0 aliphatic rings. The zero-order chi connectivity index (χ0) is 14.0. The standard InChI is InChI=1S/C13H9ClFNO3/c14-10-3-1-8(6-11(10)15)19-7-2-4-12(16)9(5-7)13(17)18/h1-6H,16H2,(H,17,18). The van der Waals surface area contributed by atoms with Crippen molar-refractivity contribution in [3.8, 4) is 11.5 Å². The van der Waals surface area contributed by atoms with Crippen LogP contribution < -0.4 is 10.5 Å². The molecule has 0 spiro atoms. The van der Waals surface area contributed by atoms with Crippen LogP contribution >= 0.6 is 11.6 Å². The fraction of sp³-hybridized carbons (Fsp3) is 0. The summed E-state index contributed by atoms with van der Waals surface area (Å²) in [6.07, 6.45) is 0. The molecule has 0 bridgehead atoms. The van der Waals surface area contributed by atoms with Gasteiger partial charge < -0.3 is 15.6 Å². The SMILES string of the molecule is Nc1ccc(Oc2ccc(Cl)c(F)c2)cc1C(=O)O. The molecule has 0 amide bonds. The molecule has 4 nitrogen and oxygen atoms in total. The van der Waals surface area contributed by atoms with Crippen LogP contribution in [0.25, 0.3) is 0 Å². The summed E-state index contributed by atoms with van der Waals surface area (Å²) in [6.45, 7) is 0. The summed E-state index contributed by atoms with van der Waals surface area (Å²) < 4.78 is 18.6. The molecule has 0 aliphatic carbocycles. The molecule has 6 heteroatoms. The predicted octanol–water partition coefficient (Wildman–Crippen LogP) is 3.55. The van der Waals surface area contributed by atoms with Crippen LogP contribution in [0.5, 0.6) is 11.5 Å². The molecule has 19 heavy (non-hydrogen) atoms. The van der Waals surface area contributed by atoms with E-state index in [0.717, 1.165) is 6.07 Å². The fourth-order valence-corrected chi connectivity index (χ4v) is 1.58. The second-order valence-electron chi connectivity index (χ2n) is 3.73. The molecule has 2 aromatic rings. The fourth-order valence-electron chi connectivity index (χ4n) is 1.46. The van der Waals surface area contributed by atoms with Gasteiger partial charge in [0, 0.05) is 11.8 Å². The Hall–Kier alpha value is -2.27. The molecule has 3 N–H and O–H groups in total. The van der Waals surface area contributed by atoms with Crippen molar-refractivity contribution in [3.05, 3.63) is 52.8 Å². The van der Waals surface area contributed by atoms with E-state index in [4.69, 9.17) is 27.2 Å². The Bertz CT molecular complexity index is 646. The number of nitrogen functional groups attached to an aromatic ring is 1. The van der Waals surface area contributed by atoms with E-state index in [1.54, 1.807) is 0 Å². The molecular formula is C13H9ClFNO3. The van der Waals surface area contributed by atoms with Gasteiger partial charge >= 0.3 is 5.97 Å². The van der Waals surface area contributed by atoms with Crippen molar-refractivity contribution >= 4 is 23.3 Å². The van der Waals surface area contributed by atoms with Gasteiger partial charge in [0.25, 0.3) is 0 Å². The van der Waals surface area contributed by atoms with Crippen LogP contribution in [0.4, 0.5) is 10.1 Å². The Labute approximate surface area is 113 Å². The third kappa shape index (κ3) is 2.95. The summed E-state index contributed by atoms with van der Waals surface area (Å²) in [6, 6.07) is 8.10. The van der Waals surface area contributed by atoms with Crippen LogP contribution in [0.1, 0.15) is 10.4 Å². The monoisotopic (exact) mass is 281 g/mol. The first-order valence-electron chi connectivity index (χ1n) is 5.23. The first-order valence-corrected chi connectivity index (χ1v) is 5.61. The molecule has 98 valence electrons. The minimum absolute atomic E-state index is 0.0177. The number of carboxylic acids is 1. The van der Waals surface area contributed by atoms with Gasteiger partial charge in [-0.15, -0.1) is 0 Å². The smallest absolute Gasteiger partial charge is 0.337 e. The van der Waals surface area contributed by atoms with E-state index in [0.29, 0.717) is 0 Å². The maximum Gasteiger partial charge on any atom is 0.337 e. The predicted molar refractivity (Wildman–Crippen MR) is 69.3 cm³/mol. The van der Waals surface area contributed by atoms with Crippen molar-refractivity contribution in [2.24, 2.45) is 0 Å². The molecule has 2 rings (SSSR count). The number of aromatic carboxylic acids is 1. The van der Waals surface area contributed by atoms with Crippen molar-refractivity contribution in [1.29, 1.82) is 0 Å². The van der Waals surface area contributed by atoms with Gasteiger partial charge in [-0.3, -0.25) is 0 Å². The molecule has 0 unspecified atom stereocenters. The van der Waals surface area contributed by atoms with Crippen molar-refractivity contribution in [3.63, 3.8) is 0 Å².